The van der Waals surface area contributed by atoms with Gasteiger partial charge in [-0.1, -0.05) is 0 Å². The van der Waals surface area contributed by atoms with Crippen LogP contribution in [0.25, 0.3) is 0 Å². The first-order valence-electron chi connectivity index (χ1n) is 5.75. The Balaban J connectivity index is 2.68. The van der Waals surface area contributed by atoms with Crippen molar-refractivity contribution in [2.24, 2.45) is 0 Å². The molecule has 0 aromatic carbocycles. The van der Waals surface area contributed by atoms with Crippen LogP contribution in [0.1, 0.15) is 33.6 Å². The minimum atomic E-state index is -1.26. The summed E-state index contributed by atoms with van der Waals surface area (Å²) in [5.41, 5.74) is -0.258. The van der Waals surface area contributed by atoms with Crippen molar-refractivity contribution in [3.8, 4) is 0 Å². The molecule has 1 saturated heterocycles. The molecule has 6 nitrogen and oxygen atoms in total. The maximum Gasteiger partial charge on any atom is 0.328 e. The van der Waals surface area contributed by atoms with Crippen LogP contribution in [0.15, 0.2) is 0 Å². The van der Waals surface area contributed by atoms with Gasteiger partial charge in [0.15, 0.2) is 6.04 Å². The minimum absolute atomic E-state index is 0.258. The Hall–Kier alpha value is -1.30. The maximum absolute atomic E-state index is 11.9. The first-order chi connectivity index (χ1) is 7.75. The van der Waals surface area contributed by atoms with E-state index >= 15 is 0 Å². The van der Waals surface area contributed by atoms with Gasteiger partial charge in [0.05, 0.1) is 6.10 Å². The highest BCUT2D eigenvalue weighted by Gasteiger charge is 2.37. The molecule has 2 amide bonds. The van der Waals surface area contributed by atoms with Crippen LogP contribution < -0.4 is 5.32 Å². The van der Waals surface area contributed by atoms with E-state index in [1.165, 1.54) is 6.92 Å². The number of hydrogen-bond donors (Lipinski definition) is 3. The van der Waals surface area contributed by atoms with Gasteiger partial charge in [0.2, 0.25) is 0 Å². The lowest BCUT2D eigenvalue weighted by molar-refractivity contribution is -0.141. The molecule has 1 heterocycles. The number of nitrogens with one attached hydrogen (secondary N) is 1. The largest absolute Gasteiger partial charge is 0.480 e. The number of aliphatic hydroxyl groups excluding tert-OH is 1. The molecule has 98 valence electrons. The standard InChI is InChI=1S/C11H20N2O4/c1-7(14)8(9(15)16)12-10(17)13-6-4-5-11(13,2)3/h7-8,14H,4-6H2,1-3H3,(H,12,17)(H,15,16). The van der Waals surface area contributed by atoms with Gasteiger partial charge in [0.1, 0.15) is 0 Å². The Labute approximate surface area is 101 Å². The molecule has 0 aromatic rings. The zero-order valence-corrected chi connectivity index (χ0v) is 10.4. The highest BCUT2D eigenvalue weighted by molar-refractivity contribution is 5.83. The van der Waals surface area contributed by atoms with Crippen LogP contribution in [-0.4, -0.2) is 51.3 Å². The van der Waals surface area contributed by atoms with Crippen LogP contribution in [0.3, 0.4) is 0 Å². The quantitative estimate of drug-likeness (QED) is 0.670. The number of carboxylic acid groups (broad SMARTS) is 1. The summed E-state index contributed by atoms with van der Waals surface area (Å²) < 4.78 is 0. The number of nitrogens with zero attached hydrogens (tertiary/aromatic N) is 1. The molecule has 1 aliphatic heterocycles. The molecule has 6 heteroatoms. The van der Waals surface area contributed by atoms with Crippen molar-refractivity contribution in [1.29, 1.82) is 0 Å². The van der Waals surface area contributed by atoms with E-state index in [4.69, 9.17) is 5.11 Å². The van der Waals surface area contributed by atoms with Gasteiger partial charge in [0.25, 0.3) is 0 Å². The Morgan fingerprint density at radius 3 is 2.35 bits per heavy atom. The second-order valence-electron chi connectivity index (χ2n) is 5.07. The van der Waals surface area contributed by atoms with Crippen molar-refractivity contribution in [2.45, 2.75) is 51.3 Å². The molecule has 2 atom stereocenters. The summed E-state index contributed by atoms with van der Waals surface area (Å²) in [5.74, 6) is -1.23. The molecule has 0 aromatic heterocycles. The summed E-state index contributed by atoms with van der Waals surface area (Å²) in [4.78, 5) is 24.4. The van der Waals surface area contributed by atoms with Gasteiger partial charge in [-0.15, -0.1) is 0 Å². The van der Waals surface area contributed by atoms with E-state index in [0.29, 0.717) is 6.54 Å². The lowest BCUT2D eigenvalue weighted by atomic mass is 10.0. The highest BCUT2D eigenvalue weighted by atomic mass is 16.4. The number of carbonyl (C=O) groups excluding carboxylic acids is 1. The van der Waals surface area contributed by atoms with E-state index in [-0.39, 0.29) is 5.54 Å². The zero-order valence-electron chi connectivity index (χ0n) is 10.4. The second-order valence-corrected chi connectivity index (χ2v) is 5.07. The molecular weight excluding hydrogens is 224 g/mol. The predicted octanol–water partition coefficient (Wildman–Crippen LogP) is 0.404. The zero-order chi connectivity index (χ0) is 13.2. The number of urea groups is 1. The van der Waals surface area contributed by atoms with Crippen molar-refractivity contribution in [3.63, 3.8) is 0 Å². The Kier molecular flexibility index (Phi) is 3.98. The van der Waals surface area contributed by atoms with E-state index in [1.807, 2.05) is 13.8 Å². The number of hydrogen-bond acceptors (Lipinski definition) is 3. The minimum Gasteiger partial charge on any atom is -0.480 e. The SMILES string of the molecule is CC(O)C(NC(=O)N1CCCC1(C)C)C(=O)O. The van der Waals surface area contributed by atoms with Crippen LogP contribution in [0.5, 0.6) is 0 Å². The summed E-state index contributed by atoms with van der Waals surface area (Å²) in [6.07, 6.45) is 0.682. The van der Waals surface area contributed by atoms with Crippen LogP contribution >= 0.6 is 0 Å². The fraction of sp³-hybridized carbons (Fsp3) is 0.818. The first-order valence-corrected chi connectivity index (χ1v) is 5.75. The third-order valence-electron chi connectivity index (χ3n) is 3.17. The molecule has 0 radical (unpaired) electrons. The van der Waals surface area contributed by atoms with Gasteiger partial charge < -0.3 is 20.4 Å². The Morgan fingerprint density at radius 2 is 2.00 bits per heavy atom. The first kappa shape index (κ1) is 13.8. The molecule has 0 bridgehead atoms. The number of rotatable bonds is 3. The molecule has 1 rings (SSSR count). The lowest BCUT2D eigenvalue weighted by Crippen LogP contribution is -2.55. The van der Waals surface area contributed by atoms with Crippen LogP contribution in [0, 0.1) is 0 Å². The van der Waals surface area contributed by atoms with Gasteiger partial charge >= 0.3 is 12.0 Å². The summed E-state index contributed by atoms with van der Waals surface area (Å²) in [6.45, 7) is 5.84. The molecule has 0 aliphatic carbocycles. The summed E-state index contributed by atoms with van der Waals surface area (Å²) in [7, 11) is 0. The summed E-state index contributed by atoms with van der Waals surface area (Å²) in [5, 5.41) is 20.5. The van der Waals surface area contributed by atoms with Gasteiger partial charge in [0, 0.05) is 12.1 Å². The van der Waals surface area contributed by atoms with E-state index < -0.39 is 24.1 Å². The van der Waals surface area contributed by atoms with E-state index in [0.717, 1.165) is 12.8 Å². The third-order valence-corrected chi connectivity index (χ3v) is 3.17. The predicted molar refractivity (Wildman–Crippen MR) is 61.7 cm³/mol. The average Bonchev–Trinajstić information content (AvgIpc) is 2.53. The van der Waals surface area contributed by atoms with Gasteiger partial charge in [-0.25, -0.2) is 9.59 Å². The van der Waals surface area contributed by atoms with Crippen molar-refractivity contribution in [1.82, 2.24) is 10.2 Å². The fourth-order valence-electron chi connectivity index (χ4n) is 2.08. The number of aliphatic carboxylic acids is 1. The monoisotopic (exact) mass is 244 g/mol. The number of aliphatic hydroxyl groups is 1. The molecule has 17 heavy (non-hydrogen) atoms. The van der Waals surface area contributed by atoms with E-state index in [1.54, 1.807) is 4.90 Å². The number of carbonyl (C=O) groups is 2. The molecule has 1 aliphatic rings. The van der Waals surface area contributed by atoms with Gasteiger partial charge in [-0.05, 0) is 33.6 Å². The van der Waals surface area contributed by atoms with E-state index in [2.05, 4.69) is 5.32 Å². The third kappa shape index (κ3) is 3.09. The molecule has 0 saturated carbocycles. The summed E-state index contributed by atoms with van der Waals surface area (Å²) >= 11 is 0. The topological polar surface area (TPSA) is 89.9 Å². The number of likely N-dealkylation sites (tertiary alicyclic amines) is 1. The number of carboxylic acids is 1. The van der Waals surface area contributed by atoms with Crippen molar-refractivity contribution < 1.29 is 19.8 Å². The van der Waals surface area contributed by atoms with E-state index in [9.17, 15) is 14.7 Å². The maximum atomic E-state index is 11.9. The molecule has 1 fully saturated rings. The smallest absolute Gasteiger partial charge is 0.328 e. The molecule has 0 spiro atoms. The molecule has 2 unspecified atom stereocenters. The van der Waals surface area contributed by atoms with Gasteiger partial charge in [-0.2, -0.15) is 0 Å². The fourth-order valence-corrected chi connectivity index (χ4v) is 2.08. The van der Waals surface area contributed by atoms with Crippen LogP contribution in [0.2, 0.25) is 0 Å². The van der Waals surface area contributed by atoms with Crippen molar-refractivity contribution >= 4 is 12.0 Å². The molecular formula is C11H20N2O4. The van der Waals surface area contributed by atoms with Crippen molar-refractivity contribution in [2.75, 3.05) is 6.54 Å². The van der Waals surface area contributed by atoms with Crippen molar-refractivity contribution in [3.05, 3.63) is 0 Å². The number of amides is 2. The Morgan fingerprint density at radius 1 is 1.41 bits per heavy atom. The van der Waals surface area contributed by atoms with Crippen LogP contribution in [-0.2, 0) is 4.79 Å². The summed E-state index contributed by atoms with van der Waals surface area (Å²) in [6, 6.07) is -1.69. The Bertz CT molecular complexity index is 315. The highest BCUT2D eigenvalue weighted by Crippen LogP contribution is 2.27. The second kappa shape index (κ2) is 4.91. The van der Waals surface area contributed by atoms with Crippen LogP contribution in [0.4, 0.5) is 4.79 Å². The average molecular weight is 244 g/mol. The normalized spacial score (nSPS) is 22.0. The molecule has 3 N–H and O–H groups in total. The van der Waals surface area contributed by atoms with Gasteiger partial charge in [-0.3, -0.25) is 0 Å². The lowest BCUT2D eigenvalue weighted by Gasteiger charge is -2.33.